The third-order valence-electron chi connectivity index (χ3n) is 2.86. The van der Waals surface area contributed by atoms with Crippen molar-refractivity contribution in [3.05, 3.63) is 42.7 Å². The quantitative estimate of drug-likeness (QED) is 0.632. The summed E-state index contributed by atoms with van der Waals surface area (Å²) in [6.07, 6.45) is 5.46. The molecule has 3 rings (SSSR count). The van der Waals surface area contributed by atoms with Gasteiger partial charge in [-0.1, -0.05) is 25.1 Å². The van der Waals surface area contributed by atoms with E-state index in [1.807, 2.05) is 6.07 Å². The maximum absolute atomic E-state index is 4.66. The molecule has 1 aromatic carbocycles. The van der Waals surface area contributed by atoms with E-state index in [0.717, 1.165) is 24.0 Å². The van der Waals surface area contributed by atoms with E-state index >= 15 is 0 Å². The van der Waals surface area contributed by atoms with Crippen LogP contribution in [0.15, 0.2) is 42.7 Å². The zero-order valence-electron chi connectivity index (χ0n) is 9.35. The van der Waals surface area contributed by atoms with Crippen molar-refractivity contribution in [2.24, 2.45) is 0 Å². The molecule has 2 nitrogen and oxygen atoms in total. The van der Waals surface area contributed by atoms with Crippen LogP contribution in [-0.4, -0.2) is 9.55 Å². The molecule has 2 heteroatoms. The van der Waals surface area contributed by atoms with E-state index in [1.54, 1.807) is 0 Å². The lowest BCUT2D eigenvalue weighted by atomic mass is 10.2. The molecular weight excluding hydrogens is 196 g/mol. The van der Waals surface area contributed by atoms with Crippen molar-refractivity contribution in [2.75, 3.05) is 0 Å². The summed E-state index contributed by atoms with van der Waals surface area (Å²) in [6.45, 7) is 3.25. The second kappa shape index (κ2) is 3.63. The number of nitrogens with zero attached hydrogens (tertiary/aromatic N) is 2. The number of rotatable bonds is 2. The average molecular weight is 210 g/mol. The standard InChI is InChI=1S/C14H14N2/c1-2-7-16-9-12-8-11-5-3-4-6-13(11)15-14(12)10-16/h3-6,8-10H,2,7H2,1H3. The Morgan fingerprint density at radius 1 is 1.06 bits per heavy atom. The zero-order chi connectivity index (χ0) is 11.0. The Balaban J connectivity index is 2.25. The van der Waals surface area contributed by atoms with Gasteiger partial charge in [0.05, 0.1) is 11.0 Å². The Morgan fingerprint density at radius 2 is 1.94 bits per heavy atom. The maximum atomic E-state index is 4.66. The highest BCUT2D eigenvalue weighted by atomic mass is 14.9. The fourth-order valence-electron chi connectivity index (χ4n) is 2.11. The van der Waals surface area contributed by atoms with E-state index in [1.165, 1.54) is 10.8 Å². The van der Waals surface area contributed by atoms with E-state index in [9.17, 15) is 0 Å². The predicted molar refractivity (Wildman–Crippen MR) is 67.5 cm³/mol. The molecule has 0 saturated heterocycles. The van der Waals surface area contributed by atoms with Gasteiger partial charge in [-0.3, -0.25) is 0 Å². The Kier molecular flexibility index (Phi) is 2.13. The van der Waals surface area contributed by atoms with Gasteiger partial charge in [0.2, 0.25) is 0 Å². The topological polar surface area (TPSA) is 17.8 Å². The SMILES string of the molecule is CCCn1cc2cc3ccccc3nc2c1. The third kappa shape index (κ3) is 1.47. The normalized spacial score (nSPS) is 11.3. The molecule has 2 aromatic heterocycles. The van der Waals surface area contributed by atoms with Gasteiger partial charge < -0.3 is 4.57 Å². The summed E-state index contributed by atoms with van der Waals surface area (Å²) in [5, 5.41) is 2.44. The molecule has 0 bridgehead atoms. The van der Waals surface area contributed by atoms with E-state index in [2.05, 4.69) is 53.1 Å². The van der Waals surface area contributed by atoms with Gasteiger partial charge in [-0.2, -0.15) is 0 Å². The summed E-state index contributed by atoms with van der Waals surface area (Å²) in [7, 11) is 0. The van der Waals surface area contributed by atoms with Crippen LogP contribution >= 0.6 is 0 Å². The Hall–Kier alpha value is -1.83. The van der Waals surface area contributed by atoms with Gasteiger partial charge in [-0.15, -0.1) is 0 Å². The lowest BCUT2D eigenvalue weighted by molar-refractivity contribution is 0.685. The molecule has 3 aromatic rings. The average Bonchev–Trinajstić information content (AvgIpc) is 2.67. The molecule has 80 valence electrons. The Morgan fingerprint density at radius 3 is 2.81 bits per heavy atom. The molecule has 0 fully saturated rings. The van der Waals surface area contributed by atoms with Crippen molar-refractivity contribution in [2.45, 2.75) is 19.9 Å². The summed E-state index contributed by atoms with van der Waals surface area (Å²) in [5.74, 6) is 0. The van der Waals surface area contributed by atoms with E-state index in [-0.39, 0.29) is 0 Å². The first-order valence-electron chi connectivity index (χ1n) is 5.72. The van der Waals surface area contributed by atoms with E-state index in [4.69, 9.17) is 0 Å². The van der Waals surface area contributed by atoms with Gasteiger partial charge in [0.1, 0.15) is 0 Å². The molecule has 0 amide bonds. The molecule has 16 heavy (non-hydrogen) atoms. The summed E-state index contributed by atoms with van der Waals surface area (Å²) in [5.41, 5.74) is 2.16. The molecule has 0 saturated carbocycles. The van der Waals surface area contributed by atoms with Crippen LogP contribution in [0.5, 0.6) is 0 Å². The molecule has 0 radical (unpaired) electrons. The monoisotopic (exact) mass is 210 g/mol. The summed E-state index contributed by atoms with van der Waals surface area (Å²) in [4.78, 5) is 4.66. The molecule has 0 N–H and O–H groups in total. The van der Waals surface area contributed by atoms with Crippen LogP contribution in [0.2, 0.25) is 0 Å². The number of hydrogen-bond acceptors (Lipinski definition) is 1. The Labute approximate surface area is 94.5 Å². The van der Waals surface area contributed by atoms with Crippen molar-refractivity contribution in [3.63, 3.8) is 0 Å². The molecule has 0 aliphatic carbocycles. The summed E-state index contributed by atoms with van der Waals surface area (Å²) in [6, 6.07) is 10.5. The minimum atomic E-state index is 1.06. The number of fused-ring (bicyclic) bond motifs is 2. The number of para-hydroxylation sites is 1. The molecular formula is C14H14N2. The van der Waals surface area contributed by atoms with Gasteiger partial charge in [0.15, 0.2) is 0 Å². The van der Waals surface area contributed by atoms with Crippen molar-refractivity contribution in [1.82, 2.24) is 9.55 Å². The Bertz CT molecular complexity index is 585. The molecule has 0 aliphatic heterocycles. The van der Waals surface area contributed by atoms with Crippen LogP contribution in [0, 0.1) is 0 Å². The number of aryl methyl sites for hydroxylation is 1. The molecule has 0 aliphatic rings. The van der Waals surface area contributed by atoms with Gasteiger partial charge >= 0.3 is 0 Å². The first-order chi connectivity index (χ1) is 7.86. The number of pyridine rings is 1. The largest absolute Gasteiger partial charge is 0.351 e. The van der Waals surface area contributed by atoms with E-state index < -0.39 is 0 Å². The molecule has 0 atom stereocenters. The lowest BCUT2D eigenvalue weighted by Crippen LogP contribution is -1.90. The first-order valence-corrected chi connectivity index (χ1v) is 5.72. The smallest absolute Gasteiger partial charge is 0.0886 e. The second-order valence-electron chi connectivity index (χ2n) is 4.15. The van der Waals surface area contributed by atoms with Crippen LogP contribution < -0.4 is 0 Å². The highest BCUT2D eigenvalue weighted by Crippen LogP contribution is 2.20. The van der Waals surface area contributed by atoms with Crippen LogP contribution in [0.1, 0.15) is 13.3 Å². The molecule has 2 heterocycles. The van der Waals surface area contributed by atoms with Gasteiger partial charge in [-0.25, -0.2) is 4.98 Å². The predicted octanol–water partition coefficient (Wildman–Crippen LogP) is 3.60. The minimum Gasteiger partial charge on any atom is -0.351 e. The second-order valence-corrected chi connectivity index (χ2v) is 4.15. The number of benzene rings is 1. The van der Waals surface area contributed by atoms with Crippen molar-refractivity contribution >= 4 is 21.8 Å². The highest BCUT2D eigenvalue weighted by molar-refractivity contribution is 5.92. The van der Waals surface area contributed by atoms with Crippen molar-refractivity contribution in [3.8, 4) is 0 Å². The van der Waals surface area contributed by atoms with Crippen LogP contribution in [0.4, 0.5) is 0 Å². The fraction of sp³-hybridized carbons (Fsp3) is 0.214. The van der Waals surface area contributed by atoms with Crippen LogP contribution in [0.3, 0.4) is 0 Å². The summed E-state index contributed by atoms with van der Waals surface area (Å²) < 4.78 is 2.22. The van der Waals surface area contributed by atoms with Crippen LogP contribution in [-0.2, 0) is 6.54 Å². The maximum Gasteiger partial charge on any atom is 0.0886 e. The van der Waals surface area contributed by atoms with Crippen molar-refractivity contribution < 1.29 is 0 Å². The minimum absolute atomic E-state index is 1.06. The molecule has 0 unspecified atom stereocenters. The van der Waals surface area contributed by atoms with Crippen LogP contribution in [0.25, 0.3) is 21.8 Å². The van der Waals surface area contributed by atoms with Gasteiger partial charge in [0, 0.05) is 29.7 Å². The third-order valence-corrected chi connectivity index (χ3v) is 2.86. The zero-order valence-corrected chi connectivity index (χ0v) is 9.35. The van der Waals surface area contributed by atoms with E-state index in [0.29, 0.717) is 0 Å². The molecule has 0 spiro atoms. The van der Waals surface area contributed by atoms with Gasteiger partial charge in [0.25, 0.3) is 0 Å². The fourth-order valence-corrected chi connectivity index (χ4v) is 2.11. The van der Waals surface area contributed by atoms with Gasteiger partial charge in [-0.05, 0) is 18.6 Å². The lowest BCUT2D eigenvalue weighted by Gasteiger charge is -1.95. The summed E-state index contributed by atoms with van der Waals surface area (Å²) >= 11 is 0. The first kappa shape index (κ1) is 9.40. The number of aromatic nitrogens is 2. The van der Waals surface area contributed by atoms with Crippen molar-refractivity contribution in [1.29, 1.82) is 0 Å². The number of hydrogen-bond donors (Lipinski definition) is 0. The highest BCUT2D eigenvalue weighted by Gasteiger charge is 2.01.